The van der Waals surface area contributed by atoms with Gasteiger partial charge in [0.05, 0.1) is 36.8 Å². The van der Waals surface area contributed by atoms with Gasteiger partial charge in [-0.2, -0.15) is 4.98 Å². The zero-order chi connectivity index (χ0) is 28.2. The lowest BCUT2D eigenvalue weighted by Gasteiger charge is -2.23. The number of fused-ring (bicyclic) bond motifs is 1. The zero-order valence-corrected chi connectivity index (χ0v) is 22.6. The van der Waals surface area contributed by atoms with E-state index in [0.29, 0.717) is 43.9 Å². The van der Waals surface area contributed by atoms with E-state index in [1.165, 1.54) is 31.5 Å². The molecule has 1 aliphatic heterocycles. The van der Waals surface area contributed by atoms with Crippen LogP contribution in [0.5, 0.6) is 5.75 Å². The molecule has 0 bridgehead atoms. The van der Waals surface area contributed by atoms with Gasteiger partial charge in [0, 0.05) is 26.6 Å². The Morgan fingerprint density at radius 3 is 2.56 bits per heavy atom. The van der Waals surface area contributed by atoms with E-state index >= 15 is 0 Å². The molecular weight excluding hydrogens is 533 g/mol. The molecule has 0 unspecified atom stereocenters. The minimum absolute atomic E-state index is 0.0696. The number of aromatic nitrogens is 2. The lowest BCUT2D eigenvalue weighted by atomic mass is 10.0. The van der Waals surface area contributed by atoms with Crippen LogP contribution in [0, 0.1) is 5.82 Å². The van der Waals surface area contributed by atoms with Crippen molar-refractivity contribution in [1.29, 1.82) is 0 Å². The molecule has 0 atom stereocenters. The topological polar surface area (TPSA) is 91.4 Å². The van der Waals surface area contributed by atoms with Crippen LogP contribution in [0.1, 0.15) is 35.3 Å². The molecule has 39 heavy (non-hydrogen) atoms. The van der Waals surface area contributed by atoms with Crippen molar-refractivity contribution in [1.82, 2.24) is 20.2 Å². The van der Waals surface area contributed by atoms with Crippen molar-refractivity contribution >= 4 is 40.6 Å². The number of nitrogens with zero attached hydrogens (tertiary/aromatic N) is 3. The fourth-order valence-electron chi connectivity index (χ4n) is 4.47. The second kappa shape index (κ2) is 12.1. The van der Waals surface area contributed by atoms with E-state index in [4.69, 9.17) is 16.3 Å². The Balaban J connectivity index is 1.59. The van der Waals surface area contributed by atoms with Gasteiger partial charge in [-0.1, -0.05) is 17.7 Å². The molecule has 2 heterocycles. The average Bonchev–Trinajstić information content (AvgIpc) is 3.07. The van der Waals surface area contributed by atoms with E-state index in [-0.39, 0.29) is 34.6 Å². The maximum absolute atomic E-state index is 14.7. The van der Waals surface area contributed by atoms with Gasteiger partial charge >= 0.3 is 0 Å². The molecule has 1 aliphatic rings. The third-order valence-electron chi connectivity index (χ3n) is 6.25. The average molecular weight is 563 g/mol. The van der Waals surface area contributed by atoms with Gasteiger partial charge in [-0.05, 0) is 55.2 Å². The molecule has 0 fully saturated rings. The van der Waals surface area contributed by atoms with Crippen molar-refractivity contribution < 1.29 is 22.7 Å². The number of hydrogen-bond donors (Lipinski definition) is 3. The number of alkyl halides is 2. The van der Waals surface area contributed by atoms with Crippen LogP contribution >= 0.6 is 11.6 Å². The summed E-state index contributed by atoms with van der Waals surface area (Å²) >= 11 is 6.30. The summed E-state index contributed by atoms with van der Waals surface area (Å²) in [5.74, 6) is -3.08. The Morgan fingerprint density at radius 2 is 1.90 bits per heavy atom. The highest BCUT2D eigenvalue weighted by molar-refractivity contribution is 6.33. The molecule has 208 valence electrons. The van der Waals surface area contributed by atoms with Gasteiger partial charge < -0.3 is 20.7 Å². The summed E-state index contributed by atoms with van der Waals surface area (Å²) in [6.07, 6.45) is 2.56. The van der Waals surface area contributed by atoms with E-state index in [2.05, 4.69) is 25.9 Å². The van der Waals surface area contributed by atoms with Crippen LogP contribution in [0.25, 0.3) is 0 Å². The Kier molecular flexibility index (Phi) is 8.81. The first-order valence-corrected chi connectivity index (χ1v) is 12.9. The van der Waals surface area contributed by atoms with Gasteiger partial charge in [0.25, 0.3) is 11.8 Å². The molecule has 4 rings (SSSR count). The second-order valence-corrected chi connectivity index (χ2v) is 9.74. The van der Waals surface area contributed by atoms with Gasteiger partial charge in [-0.3, -0.25) is 9.69 Å². The predicted molar refractivity (Wildman–Crippen MR) is 145 cm³/mol. The van der Waals surface area contributed by atoms with E-state index < -0.39 is 17.6 Å². The lowest BCUT2D eigenvalue weighted by molar-refractivity contribution is -0.0133. The largest absolute Gasteiger partial charge is 0.495 e. The van der Waals surface area contributed by atoms with Gasteiger partial charge in [0.1, 0.15) is 16.6 Å². The van der Waals surface area contributed by atoms with Crippen molar-refractivity contribution in [2.45, 2.75) is 32.6 Å². The maximum atomic E-state index is 14.7. The maximum Gasteiger partial charge on any atom is 0.257 e. The number of anilines is 4. The number of benzene rings is 2. The molecule has 3 aromatic rings. The smallest absolute Gasteiger partial charge is 0.257 e. The SMILES string of the molecule is CCNC(=O)c1cccc(F)c1Nc1nc(Nc2cc3c(cc2OC)CCN(CC(C)(F)F)CC3)ncc1Cl. The molecule has 0 saturated heterocycles. The van der Waals surface area contributed by atoms with E-state index in [1.54, 1.807) is 11.8 Å². The molecule has 1 aromatic heterocycles. The Labute approximate surface area is 229 Å². The second-order valence-electron chi connectivity index (χ2n) is 9.33. The number of halogens is 4. The highest BCUT2D eigenvalue weighted by Crippen LogP contribution is 2.34. The molecule has 0 spiro atoms. The predicted octanol–water partition coefficient (Wildman–Crippen LogP) is 5.57. The summed E-state index contributed by atoms with van der Waals surface area (Å²) in [5, 5.41) is 8.71. The van der Waals surface area contributed by atoms with Crippen molar-refractivity contribution in [2.24, 2.45) is 0 Å². The molecule has 3 N–H and O–H groups in total. The first-order chi connectivity index (χ1) is 18.6. The first-order valence-electron chi connectivity index (χ1n) is 12.5. The number of amides is 1. The van der Waals surface area contributed by atoms with Gasteiger partial charge in [0.2, 0.25) is 5.95 Å². The third-order valence-corrected chi connectivity index (χ3v) is 6.52. The lowest BCUT2D eigenvalue weighted by Crippen LogP contribution is -2.36. The Bertz CT molecular complexity index is 1350. The minimum atomic E-state index is -2.76. The van der Waals surface area contributed by atoms with Crippen molar-refractivity contribution in [3.8, 4) is 5.75 Å². The fraction of sp³-hybridized carbons (Fsp3) is 0.370. The van der Waals surface area contributed by atoms with Crippen LogP contribution in [-0.4, -0.2) is 60.0 Å². The van der Waals surface area contributed by atoms with Crippen molar-refractivity contribution in [3.63, 3.8) is 0 Å². The summed E-state index contributed by atoms with van der Waals surface area (Å²) in [7, 11) is 1.53. The monoisotopic (exact) mass is 562 g/mol. The Hall–Kier alpha value is -3.57. The van der Waals surface area contributed by atoms with E-state index in [9.17, 15) is 18.0 Å². The van der Waals surface area contributed by atoms with Crippen LogP contribution in [0.4, 0.5) is 36.3 Å². The molecule has 0 saturated carbocycles. The zero-order valence-electron chi connectivity index (χ0n) is 21.9. The third kappa shape index (κ3) is 7.10. The molecule has 1 amide bonds. The summed E-state index contributed by atoms with van der Waals surface area (Å²) < 4.78 is 47.4. The Morgan fingerprint density at radius 1 is 1.18 bits per heavy atom. The summed E-state index contributed by atoms with van der Waals surface area (Å²) in [5.41, 5.74) is 2.64. The fourth-order valence-corrected chi connectivity index (χ4v) is 4.61. The van der Waals surface area contributed by atoms with Crippen LogP contribution < -0.4 is 20.7 Å². The molecule has 0 radical (unpaired) electrons. The van der Waals surface area contributed by atoms with Crippen molar-refractivity contribution in [2.75, 3.05) is 43.9 Å². The van der Waals surface area contributed by atoms with Gasteiger partial charge in [0.15, 0.2) is 5.82 Å². The number of para-hydroxylation sites is 1. The number of rotatable bonds is 9. The number of ether oxygens (including phenoxy) is 1. The number of methoxy groups -OCH3 is 1. The quantitative estimate of drug-likeness (QED) is 0.314. The molecule has 2 aromatic carbocycles. The first kappa shape index (κ1) is 28.4. The summed E-state index contributed by atoms with van der Waals surface area (Å²) in [6.45, 7) is 3.81. The minimum Gasteiger partial charge on any atom is -0.495 e. The normalized spacial score (nSPS) is 13.8. The van der Waals surface area contributed by atoms with Crippen LogP contribution in [-0.2, 0) is 12.8 Å². The van der Waals surface area contributed by atoms with Gasteiger partial charge in [-0.25, -0.2) is 18.2 Å². The number of nitrogens with one attached hydrogen (secondary N) is 3. The van der Waals surface area contributed by atoms with Crippen LogP contribution in [0.2, 0.25) is 5.02 Å². The molecular formula is C27H30ClF3N6O2. The molecule has 0 aliphatic carbocycles. The highest BCUT2D eigenvalue weighted by Gasteiger charge is 2.27. The van der Waals surface area contributed by atoms with Crippen LogP contribution in [0.3, 0.4) is 0 Å². The van der Waals surface area contributed by atoms with Gasteiger partial charge in [-0.15, -0.1) is 0 Å². The number of carbonyl (C=O) groups excluding carboxylic acids is 1. The summed E-state index contributed by atoms with van der Waals surface area (Å²) in [6, 6.07) is 7.95. The highest BCUT2D eigenvalue weighted by atomic mass is 35.5. The van der Waals surface area contributed by atoms with Crippen molar-refractivity contribution in [3.05, 3.63) is 64.1 Å². The summed E-state index contributed by atoms with van der Waals surface area (Å²) in [4.78, 5) is 22.8. The van der Waals surface area contributed by atoms with E-state index in [1.807, 2.05) is 12.1 Å². The van der Waals surface area contributed by atoms with E-state index in [0.717, 1.165) is 18.1 Å². The molecule has 12 heteroatoms. The standard InChI is InChI=1S/C27H30ClF3N6O2/c1-4-32-25(38)18-6-5-7-20(29)23(18)35-24-19(28)14-33-26(36-24)34-21-12-16-8-10-37(15-27(2,30)31)11-9-17(16)13-22(21)39-3/h5-7,12-14H,4,8-11,15H2,1-3H3,(H,32,38)(H2,33,34,35,36). The number of carbonyl (C=O) groups is 1. The number of hydrogen-bond acceptors (Lipinski definition) is 7. The molecule has 8 nitrogen and oxygen atoms in total. The van der Waals surface area contributed by atoms with Crippen LogP contribution in [0.15, 0.2) is 36.5 Å².